The Morgan fingerprint density at radius 2 is 1.77 bits per heavy atom. The molecule has 2 aromatic carbocycles. The van der Waals surface area contributed by atoms with Crippen molar-refractivity contribution in [3.63, 3.8) is 0 Å². The number of rotatable bonds is 3. The van der Waals surface area contributed by atoms with Crippen molar-refractivity contribution in [3.05, 3.63) is 58.3 Å². The number of aryl methyl sites for hydroxylation is 1. The van der Waals surface area contributed by atoms with Gasteiger partial charge in [0.2, 0.25) is 0 Å². The van der Waals surface area contributed by atoms with Gasteiger partial charge in [0.15, 0.2) is 0 Å². The first-order valence-corrected chi connectivity index (χ1v) is 7.84. The van der Waals surface area contributed by atoms with Crippen LogP contribution in [0, 0.1) is 12.7 Å². The van der Waals surface area contributed by atoms with Gasteiger partial charge in [-0.15, -0.1) is 0 Å². The number of halogens is 1. The summed E-state index contributed by atoms with van der Waals surface area (Å²) in [5, 5.41) is 0. The van der Waals surface area contributed by atoms with Gasteiger partial charge in [0.05, 0.1) is 21.6 Å². The van der Waals surface area contributed by atoms with Crippen molar-refractivity contribution in [1.29, 1.82) is 0 Å². The molecule has 0 unspecified atom stereocenters. The zero-order valence-electron chi connectivity index (χ0n) is 11.5. The lowest BCUT2D eigenvalue weighted by Crippen LogP contribution is -2.14. The second kappa shape index (κ2) is 4.99. The van der Waals surface area contributed by atoms with Gasteiger partial charge >= 0.3 is 5.69 Å². The molecule has 6 nitrogen and oxygen atoms in total. The molecule has 22 heavy (non-hydrogen) atoms. The van der Waals surface area contributed by atoms with E-state index in [1.807, 2.05) is 0 Å². The molecule has 3 N–H and O–H groups in total. The lowest BCUT2D eigenvalue weighted by atomic mass is 10.2. The third-order valence-corrected chi connectivity index (χ3v) is 4.53. The molecule has 0 fully saturated rings. The first-order valence-electron chi connectivity index (χ1n) is 6.36. The third kappa shape index (κ3) is 2.60. The monoisotopic (exact) mass is 321 g/mol. The van der Waals surface area contributed by atoms with Crippen molar-refractivity contribution in [2.75, 3.05) is 4.72 Å². The Morgan fingerprint density at radius 3 is 2.55 bits per heavy atom. The molecule has 8 heteroatoms. The van der Waals surface area contributed by atoms with E-state index in [1.54, 1.807) is 13.0 Å². The van der Waals surface area contributed by atoms with Crippen molar-refractivity contribution >= 4 is 26.7 Å². The standard InChI is InChI=1S/C14H12FN3O3S/c1-8-2-4-10(15)12(6-8)18-22(20,21)9-3-5-11-13(7-9)17-14(19)16-11/h2-7,18H,1H3,(H2,16,17,19). The molecule has 3 aromatic rings. The van der Waals surface area contributed by atoms with Crippen LogP contribution in [0.3, 0.4) is 0 Å². The molecule has 1 heterocycles. The molecule has 0 spiro atoms. The highest BCUT2D eigenvalue weighted by Crippen LogP contribution is 2.22. The fourth-order valence-electron chi connectivity index (χ4n) is 2.10. The van der Waals surface area contributed by atoms with Crippen LogP contribution in [-0.2, 0) is 10.0 Å². The summed E-state index contributed by atoms with van der Waals surface area (Å²) in [4.78, 5) is 16.1. The molecule has 0 aliphatic heterocycles. The summed E-state index contributed by atoms with van der Waals surface area (Å²) in [6.45, 7) is 1.73. The molecule has 0 saturated heterocycles. The maximum atomic E-state index is 13.7. The predicted octanol–water partition coefficient (Wildman–Crippen LogP) is 2.10. The van der Waals surface area contributed by atoms with E-state index in [9.17, 15) is 17.6 Å². The Balaban J connectivity index is 2.03. The zero-order chi connectivity index (χ0) is 15.9. The first kappa shape index (κ1) is 14.3. The number of hydrogen-bond acceptors (Lipinski definition) is 3. The first-order chi connectivity index (χ1) is 10.3. The van der Waals surface area contributed by atoms with Gasteiger partial charge in [0.1, 0.15) is 5.82 Å². The van der Waals surface area contributed by atoms with Crippen LogP contribution >= 0.6 is 0 Å². The number of aromatic nitrogens is 2. The molecule has 0 atom stereocenters. The van der Waals surface area contributed by atoms with Crippen LogP contribution in [0.25, 0.3) is 11.0 Å². The van der Waals surface area contributed by atoms with E-state index in [-0.39, 0.29) is 10.6 Å². The van der Waals surface area contributed by atoms with Crippen molar-refractivity contribution in [1.82, 2.24) is 9.97 Å². The van der Waals surface area contributed by atoms with Crippen molar-refractivity contribution < 1.29 is 12.8 Å². The van der Waals surface area contributed by atoms with Gasteiger partial charge in [-0.25, -0.2) is 17.6 Å². The molecule has 0 aliphatic carbocycles. The van der Waals surface area contributed by atoms with Crippen LogP contribution in [0.5, 0.6) is 0 Å². The highest BCUT2D eigenvalue weighted by Gasteiger charge is 2.17. The van der Waals surface area contributed by atoms with Gasteiger partial charge in [-0.1, -0.05) is 6.07 Å². The summed E-state index contributed by atoms with van der Waals surface area (Å²) in [5.74, 6) is -0.662. The average molecular weight is 321 g/mol. The van der Waals surface area contributed by atoms with E-state index < -0.39 is 21.5 Å². The Hall–Kier alpha value is -2.61. The van der Waals surface area contributed by atoms with Crippen molar-refractivity contribution in [2.24, 2.45) is 0 Å². The molecule has 0 saturated carbocycles. The van der Waals surface area contributed by atoms with E-state index in [0.29, 0.717) is 11.0 Å². The number of sulfonamides is 1. The Kier molecular flexibility index (Phi) is 3.25. The number of fused-ring (bicyclic) bond motifs is 1. The maximum Gasteiger partial charge on any atom is 0.323 e. The van der Waals surface area contributed by atoms with Gasteiger partial charge in [0.25, 0.3) is 10.0 Å². The highest BCUT2D eigenvalue weighted by atomic mass is 32.2. The number of imidazole rings is 1. The Labute approximate surface area is 125 Å². The molecular formula is C14H12FN3O3S. The third-order valence-electron chi connectivity index (χ3n) is 3.16. The smallest absolute Gasteiger partial charge is 0.306 e. The van der Waals surface area contributed by atoms with Crippen LogP contribution < -0.4 is 10.4 Å². The van der Waals surface area contributed by atoms with Crippen LogP contribution in [0.4, 0.5) is 10.1 Å². The number of hydrogen-bond donors (Lipinski definition) is 3. The van der Waals surface area contributed by atoms with E-state index in [0.717, 1.165) is 5.56 Å². The second-order valence-electron chi connectivity index (χ2n) is 4.88. The fraction of sp³-hybridized carbons (Fsp3) is 0.0714. The number of anilines is 1. The molecule has 114 valence electrons. The summed E-state index contributed by atoms with van der Waals surface area (Å²) in [7, 11) is -3.96. The minimum absolute atomic E-state index is 0.0730. The van der Waals surface area contributed by atoms with Gasteiger partial charge in [-0.2, -0.15) is 0 Å². The topological polar surface area (TPSA) is 94.8 Å². The zero-order valence-corrected chi connectivity index (χ0v) is 12.3. The number of H-pyrrole nitrogens is 2. The summed E-state index contributed by atoms with van der Waals surface area (Å²) >= 11 is 0. The van der Waals surface area contributed by atoms with Gasteiger partial charge < -0.3 is 9.97 Å². The highest BCUT2D eigenvalue weighted by molar-refractivity contribution is 7.92. The van der Waals surface area contributed by atoms with Crippen LogP contribution in [-0.4, -0.2) is 18.4 Å². The van der Waals surface area contributed by atoms with E-state index in [1.165, 1.54) is 30.3 Å². The summed E-state index contributed by atoms with van der Waals surface area (Å²) in [5.41, 5.74) is 1.03. The van der Waals surface area contributed by atoms with Crippen molar-refractivity contribution in [2.45, 2.75) is 11.8 Å². The largest absolute Gasteiger partial charge is 0.323 e. The van der Waals surface area contributed by atoms with Gasteiger partial charge in [-0.3, -0.25) is 4.72 Å². The lowest BCUT2D eigenvalue weighted by molar-refractivity contribution is 0.598. The number of benzene rings is 2. The van der Waals surface area contributed by atoms with Crippen LogP contribution in [0.1, 0.15) is 5.56 Å². The average Bonchev–Trinajstić information content (AvgIpc) is 2.81. The summed E-state index contributed by atoms with van der Waals surface area (Å²) in [6, 6.07) is 8.26. The van der Waals surface area contributed by atoms with Crippen LogP contribution in [0.15, 0.2) is 46.1 Å². The molecule has 0 radical (unpaired) electrons. The molecule has 3 rings (SSSR count). The minimum Gasteiger partial charge on any atom is -0.306 e. The number of nitrogens with one attached hydrogen (secondary N) is 3. The quantitative estimate of drug-likeness (QED) is 0.689. The SMILES string of the molecule is Cc1ccc(F)c(NS(=O)(=O)c2ccc3[nH]c(=O)[nH]c3c2)c1. The molecular weight excluding hydrogens is 309 g/mol. The van der Waals surface area contributed by atoms with Gasteiger partial charge in [0, 0.05) is 0 Å². The van der Waals surface area contributed by atoms with E-state index >= 15 is 0 Å². The molecule has 1 aromatic heterocycles. The Bertz CT molecular complexity index is 1020. The molecule has 0 bridgehead atoms. The second-order valence-corrected chi connectivity index (χ2v) is 6.56. The lowest BCUT2D eigenvalue weighted by Gasteiger charge is -2.09. The minimum atomic E-state index is -3.96. The Morgan fingerprint density at radius 1 is 1.05 bits per heavy atom. The maximum absolute atomic E-state index is 13.7. The molecule has 0 amide bonds. The molecule has 0 aliphatic rings. The van der Waals surface area contributed by atoms with E-state index in [4.69, 9.17) is 0 Å². The van der Waals surface area contributed by atoms with Crippen LogP contribution in [0.2, 0.25) is 0 Å². The summed E-state index contributed by atoms with van der Waals surface area (Å²) in [6.07, 6.45) is 0. The fourth-order valence-corrected chi connectivity index (χ4v) is 3.18. The van der Waals surface area contributed by atoms with Gasteiger partial charge in [-0.05, 0) is 42.8 Å². The number of aromatic amines is 2. The van der Waals surface area contributed by atoms with E-state index in [2.05, 4.69) is 14.7 Å². The van der Waals surface area contributed by atoms with Crippen molar-refractivity contribution in [3.8, 4) is 0 Å². The predicted molar refractivity (Wildman–Crippen MR) is 80.9 cm³/mol. The summed E-state index contributed by atoms with van der Waals surface area (Å²) < 4.78 is 40.6. The normalized spacial score (nSPS) is 11.7.